The van der Waals surface area contributed by atoms with Gasteiger partial charge in [-0.3, -0.25) is 4.79 Å². The minimum Gasteiger partial charge on any atom is -0.465 e. The van der Waals surface area contributed by atoms with E-state index >= 15 is 0 Å². The number of carbonyl (C=O) groups excluding carboxylic acids is 2. The van der Waals surface area contributed by atoms with Crippen LogP contribution in [0.3, 0.4) is 0 Å². The van der Waals surface area contributed by atoms with E-state index < -0.39 is 5.97 Å². The largest absolute Gasteiger partial charge is 0.465 e. The van der Waals surface area contributed by atoms with Gasteiger partial charge in [0.15, 0.2) is 0 Å². The topological polar surface area (TPSA) is 114 Å². The lowest BCUT2D eigenvalue weighted by Crippen LogP contribution is -2.12. The summed E-state index contributed by atoms with van der Waals surface area (Å²) in [6.45, 7) is 0.0254. The molecule has 1 heterocycles. The van der Waals surface area contributed by atoms with Crippen molar-refractivity contribution in [1.82, 2.24) is 0 Å². The summed E-state index contributed by atoms with van der Waals surface area (Å²) in [5.74, 6) is -0.731. The van der Waals surface area contributed by atoms with Crippen LogP contribution in [0.4, 0.5) is 11.4 Å². The van der Waals surface area contributed by atoms with Crippen LogP contribution in [0.2, 0.25) is 0 Å². The molecule has 33 heavy (non-hydrogen) atoms. The zero-order chi connectivity index (χ0) is 23.4. The Balaban J connectivity index is 1.76. The molecule has 1 aliphatic heterocycles. The molecule has 0 aliphatic carbocycles. The van der Waals surface area contributed by atoms with Gasteiger partial charge in [0.05, 0.1) is 29.6 Å². The minimum atomic E-state index is -0.467. The fourth-order valence-electron chi connectivity index (χ4n) is 3.81. The van der Waals surface area contributed by atoms with Crippen molar-refractivity contribution >= 4 is 34.5 Å². The van der Waals surface area contributed by atoms with Crippen LogP contribution in [0.1, 0.15) is 39.5 Å². The molecule has 0 fully saturated rings. The fraction of sp³-hybridized carbons (Fsp3) is 0.154. The van der Waals surface area contributed by atoms with Gasteiger partial charge in [0.25, 0.3) is 5.91 Å². The van der Waals surface area contributed by atoms with Crippen molar-refractivity contribution in [2.45, 2.75) is 12.5 Å². The molecule has 0 saturated heterocycles. The number of rotatable bonds is 7. The molecule has 0 radical (unpaired) electrons. The van der Waals surface area contributed by atoms with Crippen molar-refractivity contribution in [3.8, 4) is 0 Å². The van der Waals surface area contributed by atoms with Crippen LogP contribution in [0.5, 0.6) is 0 Å². The van der Waals surface area contributed by atoms with E-state index in [2.05, 4.69) is 10.6 Å². The molecule has 4 rings (SSSR count). The summed E-state index contributed by atoms with van der Waals surface area (Å²) in [7, 11) is 1.32. The third-order valence-corrected chi connectivity index (χ3v) is 5.55. The molecular weight excluding hydrogens is 418 g/mol. The summed E-state index contributed by atoms with van der Waals surface area (Å²) in [5, 5.41) is 15.4. The van der Waals surface area contributed by atoms with E-state index in [4.69, 9.17) is 15.6 Å². The number of hydrogen-bond donors (Lipinski definition) is 4. The molecule has 168 valence electrons. The molecule has 0 spiro atoms. The normalized spacial score (nSPS) is 14.8. The van der Waals surface area contributed by atoms with Crippen LogP contribution >= 0.6 is 0 Å². The van der Waals surface area contributed by atoms with Crippen molar-refractivity contribution in [2.75, 3.05) is 24.4 Å². The molecule has 1 amide bonds. The molecule has 1 unspecified atom stereocenters. The first-order chi connectivity index (χ1) is 16.0. The molecule has 3 aromatic carbocycles. The summed E-state index contributed by atoms with van der Waals surface area (Å²) in [6.07, 6.45) is 0.483. The monoisotopic (exact) mass is 443 g/mol. The number of benzene rings is 3. The summed E-state index contributed by atoms with van der Waals surface area (Å²) in [4.78, 5) is 24.9. The Hall–Kier alpha value is -3.94. The number of hydrogen-bond acceptors (Lipinski definition) is 6. The van der Waals surface area contributed by atoms with Crippen molar-refractivity contribution < 1.29 is 19.4 Å². The highest BCUT2D eigenvalue weighted by Crippen LogP contribution is 2.38. The fourth-order valence-corrected chi connectivity index (χ4v) is 3.81. The summed E-state index contributed by atoms with van der Waals surface area (Å²) < 4.78 is 4.79. The molecule has 0 bridgehead atoms. The summed E-state index contributed by atoms with van der Waals surface area (Å²) >= 11 is 0. The zero-order valence-corrected chi connectivity index (χ0v) is 18.2. The van der Waals surface area contributed by atoms with Gasteiger partial charge in [-0.15, -0.1) is 0 Å². The highest BCUT2D eigenvalue weighted by molar-refractivity contribution is 6.37. The lowest BCUT2D eigenvalue weighted by atomic mass is 9.98. The van der Waals surface area contributed by atoms with Gasteiger partial charge in [-0.25, -0.2) is 4.79 Å². The van der Waals surface area contributed by atoms with Crippen LogP contribution in [-0.4, -0.2) is 30.7 Å². The first-order valence-corrected chi connectivity index (χ1v) is 10.6. The van der Waals surface area contributed by atoms with Crippen molar-refractivity contribution in [1.29, 1.82) is 0 Å². The van der Waals surface area contributed by atoms with Gasteiger partial charge >= 0.3 is 5.97 Å². The lowest BCUT2D eigenvalue weighted by molar-refractivity contribution is -0.110. The molecule has 1 aliphatic rings. The lowest BCUT2D eigenvalue weighted by Gasteiger charge is -2.16. The maximum absolute atomic E-state index is 13.0. The van der Waals surface area contributed by atoms with Gasteiger partial charge in [0.2, 0.25) is 0 Å². The van der Waals surface area contributed by atoms with Crippen LogP contribution in [0.25, 0.3) is 11.3 Å². The second kappa shape index (κ2) is 9.68. The Labute approximate surface area is 191 Å². The SMILES string of the molecule is COC(=O)c1ccc2c(c1)NC(=O)C2=C(Nc1ccc(C(N)CCO)cc1)c1ccccc1. The van der Waals surface area contributed by atoms with Gasteiger partial charge in [0.1, 0.15) is 0 Å². The van der Waals surface area contributed by atoms with Gasteiger partial charge in [0, 0.05) is 23.9 Å². The Bertz CT molecular complexity index is 1200. The predicted octanol–water partition coefficient (Wildman–Crippen LogP) is 3.79. The average molecular weight is 444 g/mol. The van der Waals surface area contributed by atoms with Crippen LogP contribution < -0.4 is 16.4 Å². The first-order valence-electron chi connectivity index (χ1n) is 10.6. The van der Waals surface area contributed by atoms with E-state index in [0.29, 0.717) is 34.5 Å². The third kappa shape index (κ3) is 4.64. The molecular formula is C26H25N3O4. The van der Waals surface area contributed by atoms with Gasteiger partial charge in [-0.2, -0.15) is 0 Å². The number of nitrogens with one attached hydrogen (secondary N) is 2. The molecule has 7 heteroatoms. The number of nitrogens with two attached hydrogens (primary N) is 1. The third-order valence-electron chi connectivity index (χ3n) is 5.55. The van der Waals surface area contributed by atoms with E-state index in [-0.39, 0.29) is 18.6 Å². The first kappa shape index (κ1) is 22.3. The van der Waals surface area contributed by atoms with Crippen LogP contribution in [0, 0.1) is 0 Å². The van der Waals surface area contributed by atoms with Crippen LogP contribution in [0.15, 0.2) is 72.8 Å². The number of ether oxygens (including phenoxy) is 1. The van der Waals surface area contributed by atoms with E-state index in [1.54, 1.807) is 18.2 Å². The Kier molecular flexibility index (Phi) is 6.53. The molecule has 3 aromatic rings. The van der Waals surface area contributed by atoms with Crippen molar-refractivity contribution in [3.05, 3.63) is 95.1 Å². The van der Waals surface area contributed by atoms with E-state index in [9.17, 15) is 9.59 Å². The summed E-state index contributed by atoms with van der Waals surface area (Å²) in [6, 6.07) is 21.9. The molecule has 7 nitrogen and oxygen atoms in total. The van der Waals surface area contributed by atoms with Crippen molar-refractivity contribution in [3.63, 3.8) is 0 Å². The molecule has 1 atom stereocenters. The number of carbonyl (C=O) groups is 2. The standard InChI is InChI=1S/C26H25N3O4/c1-33-26(32)18-9-12-20-22(15-18)29-25(31)23(20)24(17-5-3-2-4-6-17)28-19-10-7-16(8-11-19)21(27)13-14-30/h2-12,15,21,28,30H,13-14,27H2,1H3,(H,29,31). The smallest absolute Gasteiger partial charge is 0.337 e. The van der Waals surface area contributed by atoms with Crippen LogP contribution in [-0.2, 0) is 9.53 Å². The van der Waals surface area contributed by atoms with Gasteiger partial charge < -0.3 is 26.2 Å². The van der Waals surface area contributed by atoms with E-state index in [0.717, 1.165) is 16.8 Å². The molecule has 5 N–H and O–H groups in total. The Morgan fingerprint density at radius 1 is 1.06 bits per heavy atom. The number of esters is 1. The van der Waals surface area contributed by atoms with Gasteiger partial charge in [-0.1, -0.05) is 48.5 Å². The molecule has 0 saturated carbocycles. The summed E-state index contributed by atoms with van der Waals surface area (Å²) in [5.41, 5.74) is 11.4. The number of aliphatic hydroxyl groups is 1. The minimum absolute atomic E-state index is 0.0254. The number of anilines is 2. The highest BCUT2D eigenvalue weighted by Gasteiger charge is 2.29. The van der Waals surface area contributed by atoms with E-state index in [1.807, 2.05) is 54.6 Å². The Morgan fingerprint density at radius 2 is 1.79 bits per heavy atom. The number of amides is 1. The zero-order valence-electron chi connectivity index (χ0n) is 18.2. The maximum atomic E-state index is 13.0. The van der Waals surface area contributed by atoms with Crippen molar-refractivity contribution in [2.24, 2.45) is 5.73 Å². The number of fused-ring (bicyclic) bond motifs is 1. The van der Waals surface area contributed by atoms with Gasteiger partial charge in [-0.05, 0) is 41.8 Å². The average Bonchev–Trinajstić information content (AvgIpc) is 3.17. The number of aliphatic hydroxyl groups excluding tert-OH is 1. The second-order valence-corrected chi connectivity index (χ2v) is 7.69. The number of methoxy groups -OCH3 is 1. The molecule has 0 aromatic heterocycles. The second-order valence-electron chi connectivity index (χ2n) is 7.69. The maximum Gasteiger partial charge on any atom is 0.337 e. The quantitative estimate of drug-likeness (QED) is 0.326. The van der Waals surface area contributed by atoms with E-state index in [1.165, 1.54) is 7.11 Å². The predicted molar refractivity (Wildman–Crippen MR) is 128 cm³/mol. The highest BCUT2D eigenvalue weighted by atomic mass is 16.5. The Morgan fingerprint density at radius 3 is 2.45 bits per heavy atom.